The lowest BCUT2D eigenvalue weighted by molar-refractivity contribution is -0.130. The summed E-state index contributed by atoms with van der Waals surface area (Å²) in [5.74, 6) is -1.66. The zero-order chi connectivity index (χ0) is 15.9. The van der Waals surface area contributed by atoms with Crippen molar-refractivity contribution in [1.29, 1.82) is 0 Å². The highest BCUT2D eigenvalue weighted by molar-refractivity contribution is 6.08. The number of rotatable bonds is 2. The maximum atomic E-state index is 13.5. The Balaban J connectivity index is 2.07. The summed E-state index contributed by atoms with van der Waals surface area (Å²) in [4.78, 5) is 25.9. The fraction of sp³-hybridized carbons (Fsp3) is 0.438. The third-order valence-electron chi connectivity index (χ3n) is 4.71. The van der Waals surface area contributed by atoms with Crippen molar-refractivity contribution in [2.75, 3.05) is 4.90 Å². The number of amides is 2. The van der Waals surface area contributed by atoms with Crippen LogP contribution in [-0.2, 0) is 9.59 Å². The summed E-state index contributed by atoms with van der Waals surface area (Å²) in [5.41, 5.74) is 4.63. The first kappa shape index (κ1) is 15.0. The SMILES string of the molecule is NC(=O)C1C(O)C2(C[CH]CCC2)C(=O)N1c1cccc(F)c1. The van der Waals surface area contributed by atoms with E-state index < -0.39 is 29.3 Å². The van der Waals surface area contributed by atoms with Gasteiger partial charge in [-0.05, 0) is 37.5 Å². The molecule has 2 aliphatic rings. The van der Waals surface area contributed by atoms with E-state index in [1.54, 1.807) is 0 Å². The van der Waals surface area contributed by atoms with Gasteiger partial charge in [0, 0.05) is 5.69 Å². The van der Waals surface area contributed by atoms with Crippen LogP contribution in [0.15, 0.2) is 24.3 Å². The molecule has 5 nitrogen and oxygen atoms in total. The number of primary amides is 1. The molecule has 1 radical (unpaired) electrons. The van der Waals surface area contributed by atoms with Gasteiger partial charge >= 0.3 is 0 Å². The molecule has 3 N–H and O–H groups in total. The van der Waals surface area contributed by atoms with E-state index >= 15 is 0 Å². The van der Waals surface area contributed by atoms with E-state index in [2.05, 4.69) is 0 Å². The van der Waals surface area contributed by atoms with Gasteiger partial charge in [-0.25, -0.2) is 4.39 Å². The number of hydrogen-bond donors (Lipinski definition) is 2. The van der Waals surface area contributed by atoms with E-state index in [4.69, 9.17) is 5.73 Å². The van der Waals surface area contributed by atoms with Crippen molar-refractivity contribution in [3.05, 3.63) is 36.5 Å². The molecule has 1 aliphatic heterocycles. The van der Waals surface area contributed by atoms with E-state index in [1.165, 1.54) is 24.3 Å². The van der Waals surface area contributed by atoms with Crippen LogP contribution < -0.4 is 10.6 Å². The van der Waals surface area contributed by atoms with Crippen LogP contribution in [-0.4, -0.2) is 29.1 Å². The maximum Gasteiger partial charge on any atom is 0.243 e. The molecule has 1 saturated carbocycles. The van der Waals surface area contributed by atoms with Gasteiger partial charge in [-0.2, -0.15) is 0 Å². The Bertz CT molecular complexity index is 613. The lowest BCUT2D eigenvalue weighted by atomic mass is 9.70. The minimum absolute atomic E-state index is 0.246. The number of halogens is 1. The minimum atomic E-state index is -1.18. The van der Waals surface area contributed by atoms with Crippen molar-refractivity contribution in [2.24, 2.45) is 11.1 Å². The second kappa shape index (κ2) is 5.35. The number of carbonyl (C=O) groups is 2. The predicted molar refractivity (Wildman–Crippen MR) is 78.1 cm³/mol. The summed E-state index contributed by atoms with van der Waals surface area (Å²) in [6.45, 7) is 0. The van der Waals surface area contributed by atoms with Gasteiger partial charge in [-0.15, -0.1) is 0 Å². The van der Waals surface area contributed by atoms with Crippen molar-refractivity contribution in [3.8, 4) is 0 Å². The summed E-state index contributed by atoms with van der Waals surface area (Å²) in [5, 5.41) is 10.6. The highest BCUT2D eigenvalue weighted by Gasteiger charge is 2.60. The number of anilines is 1. The molecule has 2 fully saturated rings. The van der Waals surface area contributed by atoms with Gasteiger partial charge in [0.2, 0.25) is 11.8 Å². The molecule has 2 amide bonds. The van der Waals surface area contributed by atoms with Gasteiger partial charge in [-0.3, -0.25) is 14.5 Å². The third-order valence-corrected chi connectivity index (χ3v) is 4.71. The minimum Gasteiger partial charge on any atom is -0.389 e. The van der Waals surface area contributed by atoms with Gasteiger partial charge < -0.3 is 10.8 Å². The van der Waals surface area contributed by atoms with Crippen LogP contribution in [0.2, 0.25) is 0 Å². The second-order valence-electron chi connectivity index (χ2n) is 5.99. The first-order valence-corrected chi connectivity index (χ1v) is 7.36. The van der Waals surface area contributed by atoms with E-state index in [-0.39, 0.29) is 11.6 Å². The smallest absolute Gasteiger partial charge is 0.243 e. The lowest BCUT2D eigenvalue weighted by Crippen LogP contribution is -2.47. The van der Waals surface area contributed by atoms with Crippen molar-refractivity contribution in [1.82, 2.24) is 0 Å². The molecular weight excluding hydrogens is 287 g/mol. The normalized spacial score (nSPS) is 27.4. The molecule has 3 atom stereocenters. The predicted octanol–water partition coefficient (Wildman–Crippen LogP) is 1.15. The Morgan fingerprint density at radius 3 is 2.82 bits per heavy atom. The first-order valence-electron chi connectivity index (χ1n) is 7.36. The standard InChI is InChI=1S/C16H18FN2O3/c17-10-5-4-6-11(9-10)19-12(14(18)21)13(20)16(15(19)22)7-2-1-3-8-16/h2,4-6,9,12-13,20H,1,3,7-8H2,(H2,18,21). The van der Waals surface area contributed by atoms with Gasteiger partial charge in [-0.1, -0.05) is 18.9 Å². The summed E-state index contributed by atoms with van der Waals surface area (Å²) >= 11 is 0. The Hall–Kier alpha value is -1.95. The number of aliphatic hydroxyl groups is 1. The van der Waals surface area contributed by atoms with Crippen LogP contribution in [0.5, 0.6) is 0 Å². The summed E-state index contributed by atoms with van der Waals surface area (Å²) in [6.07, 6.45) is 3.32. The molecule has 3 rings (SSSR count). The molecule has 1 heterocycles. The van der Waals surface area contributed by atoms with E-state index in [1.807, 2.05) is 6.42 Å². The molecule has 6 heteroatoms. The quantitative estimate of drug-likeness (QED) is 0.860. The summed E-state index contributed by atoms with van der Waals surface area (Å²) in [7, 11) is 0. The van der Waals surface area contributed by atoms with Gasteiger partial charge in [0.05, 0.1) is 11.5 Å². The van der Waals surface area contributed by atoms with Crippen molar-refractivity contribution < 1.29 is 19.1 Å². The Morgan fingerprint density at radius 2 is 2.23 bits per heavy atom. The topological polar surface area (TPSA) is 83.6 Å². The molecule has 1 aliphatic carbocycles. The van der Waals surface area contributed by atoms with Gasteiger partial charge in [0.15, 0.2) is 0 Å². The third kappa shape index (κ3) is 2.09. The van der Waals surface area contributed by atoms with Crippen molar-refractivity contribution in [3.63, 3.8) is 0 Å². The molecule has 0 aromatic heterocycles. The van der Waals surface area contributed by atoms with Crippen LogP contribution in [0.1, 0.15) is 25.7 Å². The van der Waals surface area contributed by atoms with Crippen molar-refractivity contribution in [2.45, 2.75) is 37.8 Å². The summed E-state index contributed by atoms with van der Waals surface area (Å²) in [6, 6.07) is 4.26. The average molecular weight is 305 g/mol. The Kier molecular flexibility index (Phi) is 3.64. The van der Waals surface area contributed by atoms with Crippen LogP contribution in [0.25, 0.3) is 0 Å². The first-order chi connectivity index (χ1) is 10.5. The van der Waals surface area contributed by atoms with Crippen LogP contribution >= 0.6 is 0 Å². The number of aliphatic hydroxyl groups excluding tert-OH is 1. The zero-order valence-corrected chi connectivity index (χ0v) is 12.0. The Labute approximate surface area is 127 Å². The zero-order valence-electron chi connectivity index (χ0n) is 12.0. The van der Waals surface area contributed by atoms with Crippen LogP contribution in [0, 0.1) is 17.7 Å². The van der Waals surface area contributed by atoms with Gasteiger partial charge in [0.25, 0.3) is 0 Å². The maximum absolute atomic E-state index is 13.5. The highest BCUT2D eigenvalue weighted by atomic mass is 19.1. The molecule has 0 bridgehead atoms. The van der Waals surface area contributed by atoms with Gasteiger partial charge in [0.1, 0.15) is 11.9 Å². The number of benzene rings is 1. The number of nitrogens with two attached hydrogens (primary N) is 1. The molecule has 1 spiro atoms. The molecule has 117 valence electrons. The monoisotopic (exact) mass is 305 g/mol. The average Bonchev–Trinajstić information content (AvgIpc) is 2.70. The lowest BCUT2D eigenvalue weighted by Gasteiger charge is -2.33. The molecular formula is C16H18FN2O3. The van der Waals surface area contributed by atoms with E-state index in [0.717, 1.165) is 17.7 Å². The van der Waals surface area contributed by atoms with E-state index in [9.17, 15) is 19.1 Å². The highest BCUT2D eigenvalue weighted by Crippen LogP contribution is 2.48. The number of carbonyl (C=O) groups excluding carboxylic acids is 2. The molecule has 1 saturated heterocycles. The van der Waals surface area contributed by atoms with Crippen LogP contribution in [0.3, 0.4) is 0 Å². The second-order valence-corrected chi connectivity index (χ2v) is 5.99. The number of nitrogens with zero attached hydrogens (tertiary/aromatic N) is 1. The Morgan fingerprint density at radius 1 is 1.45 bits per heavy atom. The largest absolute Gasteiger partial charge is 0.389 e. The summed E-state index contributed by atoms with van der Waals surface area (Å²) < 4.78 is 13.5. The molecule has 22 heavy (non-hydrogen) atoms. The van der Waals surface area contributed by atoms with E-state index in [0.29, 0.717) is 12.8 Å². The fourth-order valence-corrected chi connectivity index (χ4v) is 3.61. The number of hydrogen-bond acceptors (Lipinski definition) is 3. The fourth-order valence-electron chi connectivity index (χ4n) is 3.61. The molecule has 3 unspecified atom stereocenters. The molecule has 1 aromatic carbocycles. The van der Waals surface area contributed by atoms with Crippen LogP contribution in [0.4, 0.5) is 10.1 Å². The van der Waals surface area contributed by atoms with Crippen molar-refractivity contribution >= 4 is 17.5 Å². The molecule has 1 aromatic rings.